The Labute approximate surface area is 102 Å². The highest BCUT2D eigenvalue weighted by molar-refractivity contribution is 5.83. The number of esters is 1. The van der Waals surface area contributed by atoms with E-state index in [-0.39, 0.29) is 5.97 Å². The topological polar surface area (TPSA) is 38.3 Å². The van der Waals surface area contributed by atoms with Crippen molar-refractivity contribution in [1.29, 1.82) is 0 Å². The molecule has 1 N–H and O–H groups in total. The fourth-order valence-electron chi connectivity index (χ4n) is 2.74. The lowest BCUT2D eigenvalue weighted by molar-refractivity contribution is -0.148. The summed E-state index contributed by atoms with van der Waals surface area (Å²) >= 11 is 0. The van der Waals surface area contributed by atoms with Gasteiger partial charge in [0.25, 0.3) is 0 Å². The first-order chi connectivity index (χ1) is 8.20. The number of carbonyl (C=O) groups is 1. The van der Waals surface area contributed by atoms with Gasteiger partial charge in [-0.15, -0.1) is 0 Å². The molecule has 1 aromatic carbocycles. The van der Waals surface area contributed by atoms with Crippen LogP contribution in [0.3, 0.4) is 0 Å². The highest BCUT2D eigenvalue weighted by Crippen LogP contribution is 2.36. The summed E-state index contributed by atoms with van der Waals surface area (Å²) in [6, 6.07) is 8.11. The quantitative estimate of drug-likeness (QED) is 0.791. The molecule has 0 unspecified atom stereocenters. The molecule has 3 nitrogen and oxygen atoms in total. The van der Waals surface area contributed by atoms with Crippen molar-refractivity contribution in [2.24, 2.45) is 0 Å². The molecule has 3 heteroatoms. The molecule has 0 spiro atoms. The predicted molar refractivity (Wildman–Crippen MR) is 67.0 cm³/mol. The van der Waals surface area contributed by atoms with Crippen LogP contribution in [-0.4, -0.2) is 26.2 Å². The van der Waals surface area contributed by atoms with E-state index in [0.717, 1.165) is 31.5 Å². The fourth-order valence-corrected chi connectivity index (χ4v) is 2.74. The van der Waals surface area contributed by atoms with Crippen LogP contribution >= 0.6 is 0 Å². The van der Waals surface area contributed by atoms with Gasteiger partial charge in [-0.2, -0.15) is 0 Å². The van der Waals surface area contributed by atoms with Crippen LogP contribution < -0.4 is 5.32 Å². The normalized spacial score (nSPS) is 18.7. The fraction of sp³-hybridized carbons (Fsp3) is 0.500. The summed E-state index contributed by atoms with van der Waals surface area (Å²) in [5, 5.41) is 3.30. The molecule has 0 radical (unpaired) electrons. The number of hydrogen-bond donors (Lipinski definition) is 1. The van der Waals surface area contributed by atoms with Gasteiger partial charge in [-0.25, -0.2) is 0 Å². The number of hydrogen-bond acceptors (Lipinski definition) is 3. The Morgan fingerprint density at radius 1 is 1.29 bits per heavy atom. The summed E-state index contributed by atoms with van der Waals surface area (Å²) in [5.74, 6) is -0.103. The van der Waals surface area contributed by atoms with E-state index < -0.39 is 5.41 Å². The van der Waals surface area contributed by atoms with Gasteiger partial charge in [0.05, 0.1) is 12.5 Å². The third kappa shape index (κ3) is 2.07. The molecular weight excluding hydrogens is 214 g/mol. The molecule has 2 rings (SSSR count). The molecule has 1 saturated heterocycles. The number of carbonyl (C=O) groups excluding carboxylic acids is 1. The minimum Gasteiger partial charge on any atom is -0.468 e. The maximum Gasteiger partial charge on any atom is 0.316 e. The largest absolute Gasteiger partial charge is 0.468 e. The molecule has 0 bridgehead atoms. The van der Waals surface area contributed by atoms with Gasteiger partial charge in [-0.05, 0) is 44.0 Å². The minimum atomic E-state index is -0.453. The van der Waals surface area contributed by atoms with Crippen molar-refractivity contribution in [3.63, 3.8) is 0 Å². The highest BCUT2D eigenvalue weighted by atomic mass is 16.5. The molecule has 0 saturated carbocycles. The molecule has 0 aromatic heterocycles. The molecule has 0 amide bonds. The summed E-state index contributed by atoms with van der Waals surface area (Å²) in [7, 11) is 1.48. The Morgan fingerprint density at radius 3 is 2.53 bits per heavy atom. The van der Waals surface area contributed by atoms with Gasteiger partial charge in [0.1, 0.15) is 0 Å². The van der Waals surface area contributed by atoms with Crippen LogP contribution in [-0.2, 0) is 14.9 Å². The van der Waals surface area contributed by atoms with Gasteiger partial charge in [0.15, 0.2) is 0 Å². The first kappa shape index (κ1) is 12.1. The Kier molecular flexibility index (Phi) is 3.48. The van der Waals surface area contributed by atoms with Gasteiger partial charge in [-0.1, -0.05) is 24.3 Å². The van der Waals surface area contributed by atoms with Crippen LogP contribution in [0.1, 0.15) is 24.0 Å². The van der Waals surface area contributed by atoms with Crippen LogP contribution in [0, 0.1) is 6.92 Å². The summed E-state index contributed by atoms with van der Waals surface area (Å²) in [4.78, 5) is 12.2. The van der Waals surface area contributed by atoms with E-state index in [9.17, 15) is 4.79 Å². The van der Waals surface area contributed by atoms with Crippen LogP contribution in [0.25, 0.3) is 0 Å². The first-order valence-electron chi connectivity index (χ1n) is 6.06. The Balaban J connectivity index is 2.46. The van der Waals surface area contributed by atoms with Gasteiger partial charge < -0.3 is 10.1 Å². The predicted octanol–water partition coefficient (Wildman–Crippen LogP) is 1.79. The molecule has 1 aliphatic heterocycles. The van der Waals surface area contributed by atoms with E-state index in [4.69, 9.17) is 4.74 Å². The maximum atomic E-state index is 12.2. The lowest BCUT2D eigenvalue weighted by Gasteiger charge is -2.36. The number of nitrogens with one attached hydrogen (secondary N) is 1. The second-order valence-electron chi connectivity index (χ2n) is 4.64. The summed E-state index contributed by atoms with van der Waals surface area (Å²) in [5.41, 5.74) is 1.83. The average Bonchev–Trinajstić information content (AvgIpc) is 2.39. The third-order valence-electron chi connectivity index (χ3n) is 3.69. The summed E-state index contributed by atoms with van der Waals surface area (Å²) in [6.45, 7) is 3.79. The van der Waals surface area contributed by atoms with E-state index in [1.807, 2.05) is 12.1 Å². The number of ether oxygens (including phenoxy) is 1. The Bertz CT molecular complexity index is 408. The van der Waals surface area contributed by atoms with Crippen molar-refractivity contribution in [3.8, 4) is 0 Å². The van der Waals surface area contributed by atoms with Crippen molar-refractivity contribution < 1.29 is 9.53 Å². The van der Waals surface area contributed by atoms with Crippen molar-refractivity contribution in [2.75, 3.05) is 20.2 Å². The smallest absolute Gasteiger partial charge is 0.316 e. The van der Waals surface area contributed by atoms with Gasteiger partial charge in [0.2, 0.25) is 0 Å². The number of piperidine rings is 1. The molecule has 1 fully saturated rings. The number of rotatable bonds is 2. The lowest BCUT2D eigenvalue weighted by atomic mass is 9.71. The molecule has 1 aliphatic rings. The monoisotopic (exact) mass is 233 g/mol. The molecule has 92 valence electrons. The minimum absolute atomic E-state index is 0.103. The van der Waals surface area contributed by atoms with Crippen molar-refractivity contribution in [3.05, 3.63) is 35.4 Å². The summed E-state index contributed by atoms with van der Waals surface area (Å²) in [6.07, 6.45) is 1.62. The van der Waals surface area contributed by atoms with E-state index in [1.54, 1.807) is 0 Å². The number of methoxy groups -OCH3 is 1. The zero-order valence-corrected chi connectivity index (χ0v) is 10.5. The Hall–Kier alpha value is -1.35. The maximum absolute atomic E-state index is 12.2. The number of aryl methyl sites for hydroxylation is 1. The standard InChI is InChI=1S/C14H19NO2/c1-11-5-3-4-6-12(11)14(13(16)17-2)7-9-15-10-8-14/h3-6,15H,7-10H2,1-2H3. The molecule has 1 aromatic rings. The molecule has 0 aliphatic carbocycles. The Morgan fingerprint density at radius 2 is 1.94 bits per heavy atom. The van der Waals surface area contributed by atoms with E-state index in [2.05, 4.69) is 24.4 Å². The van der Waals surface area contributed by atoms with Crippen LogP contribution in [0.4, 0.5) is 0 Å². The van der Waals surface area contributed by atoms with E-state index in [0.29, 0.717) is 0 Å². The van der Waals surface area contributed by atoms with E-state index in [1.165, 1.54) is 12.7 Å². The average molecular weight is 233 g/mol. The van der Waals surface area contributed by atoms with Gasteiger partial charge >= 0.3 is 5.97 Å². The van der Waals surface area contributed by atoms with Gasteiger partial charge in [0, 0.05) is 0 Å². The van der Waals surface area contributed by atoms with E-state index >= 15 is 0 Å². The molecule has 1 heterocycles. The molecule has 17 heavy (non-hydrogen) atoms. The van der Waals surface area contributed by atoms with Crippen LogP contribution in [0.5, 0.6) is 0 Å². The van der Waals surface area contributed by atoms with Crippen molar-refractivity contribution >= 4 is 5.97 Å². The summed E-state index contributed by atoms with van der Waals surface area (Å²) < 4.78 is 5.04. The number of benzene rings is 1. The van der Waals surface area contributed by atoms with Crippen molar-refractivity contribution in [1.82, 2.24) is 5.32 Å². The lowest BCUT2D eigenvalue weighted by Crippen LogP contribution is -2.46. The zero-order chi connectivity index (χ0) is 12.3. The third-order valence-corrected chi connectivity index (χ3v) is 3.69. The van der Waals surface area contributed by atoms with Crippen LogP contribution in [0.2, 0.25) is 0 Å². The second-order valence-corrected chi connectivity index (χ2v) is 4.64. The SMILES string of the molecule is COC(=O)C1(c2ccccc2C)CCNCC1. The molecular formula is C14H19NO2. The second kappa shape index (κ2) is 4.88. The molecule has 0 atom stereocenters. The first-order valence-corrected chi connectivity index (χ1v) is 6.06. The highest BCUT2D eigenvalue weighted by Gasteiger charge is 2.42. The van der Waals surface area contributed by atoms with Gasteiger partial charge in [-0.3, -0.25) is 4.79 Å². The zero-order valence-electron chi connectivity index (χ0n) is 10.5. The van der Waals surface area contributed by atoms with Crippen molar-refractivity contribution in [2.45, 2.75) is 25.2 Å². The van der Waals surface area contributed by atoms with Crippen LogP contribution in [0.15, 0.2) is 24.3 Å².